The maximum absolute atomic E-state index is 4.41. The first-order chi connectivity index (χ1) is 11.3. The van der Waals surface area contributed by atoms with Crippen LogP contribution in [0, 0.1) is 0 Å². The lowest BCUT2D eigenvalue weighted by molar-refractivity contribution is 0.200. The molecule has 118 valence electrons. The third-order valence-electron chi connectivity index (χ3n) is 3.91. The topological polar surface area (TPSA) is 59.7 Å². The average Bonchev–Trinajstić information content (AvgIpc) is 3.10. The summed E-state index contributed by atoms with van der Waals surface area (Å²) in [4.78, 5) is 6.71. The highest BCUT2D eigenvalue weighted by molar-refractivity contribution is 5.30. The Morgan fingerprint density at radius 3 is 2.57 bits per heavy atom. The van der Waals surface area contributed by atoms with Crippen molar-refractivity contribution in [2.24, 2.45) is 0 Å². The number of para-hydroxylation sites is 1. The van der Waals surface area contributed by atoms with Crippen molar-refractivity contribution < 1.29 is 0 Å². The third-order valence-corrected chi connectivity index (χ3v) is 3.91. The monoisotopic (exact) mass is 308 g/mol. The maximum atomic E-state index is 4.41. The van der Waals surface area contributed by atoms with Gasteiger partial charge in [-0.15, -0.1) is 5.10 Å². The van der Waals surface area contributed by atoms with Crippen LogP contribution in [-0.4, -0.2) is 36.6 Å². The Labute approximate surface area is 135 Å². The Balaban J connectivity index is 1.85. The van der Waals surface area contributed by atoms with E-state index in [1.807, 2.05) is 54.7 Å². The molecular formula is C17H20N6. The predicted molar refractivity (Wildman–Crippen MR) is 87.9 cm³/mol. The van der Waals surface area contributed by atoms with Gasteiger partial charge in [0.1, 0.15) is 0 Å². The van der Waals surface area contributed by atoms with Crippen LogP contribution in [-0.2, 0) is 6.54 Å². The van der Waals surface area contributed by atoms with Crippen LogP contribution in [0.25, 0.3) is 5.69 Å². The van der Waals surface area contributed by atoms with E-state index in [9.17, 15) is 0 Å². The molecule has 1 aromatic carbocycles. The molecule has 0 spiro atoms. The first kappa shape index (κ1) is 15.3. The summed E-state index contributed by atoms with van der Waals surface area (Å²) in [6.45, 7) is 5.91. The van der Waals surface area contributed by atoms with Crippen molar-refractivity contribution in [1.82, 2.24) is 30.1 Å². The van der Waals surface area contributed by atoms with Crippen molar-refractivity contribution in [3.05, 3.63) is 66.2 Å². The first-order valence-corrected chi connectivity index (χ1v) is 7.77. The van der Waals surface area contributed by atoms with Gasteiger partial charge in [0, 0.05) is 12.7 Å². The van der Waals surface area contributed by atoms with Gasteiger partial charge in [0.25, 0.3) is 0 Å². The quantitative estimate of drug-likeness (QED) is 0.700. The van der Waals surface area contributed by atoms with Gasteiger partial charge in [-0.2, -0.15) is 4.68 Å². The van der Waals surface area contributed by atoms with Crippen LogP contribution in [0.2, 0.25) is 0 Å². The molecule has 0 amide bonds. The summed E-state index contributed by atoms with van der Waals surface area (Å²) in [5.41, 5.74) is 2.01. The van der Waals surface area contributed by atoms with E-state index in [0.29, 0.717) is 0 Å². The predicted octanol–water partition coefficient (Wildman–Crippen LogP) is 2.64. The molecule has 2 heterocycles. The van der Waals surface area contributed by atoms with E-state index < -0.39 is 0 Å². The summed E-state index contributed by atoms with van der Waals surface area (Å²) in [5, 5.41) is 12.3. The first-order valence-electron chi connectivity index (χ1n) is 7.77. The molecule has 0 fully saturated rings. The lowest BCUT2D eigenvalue weighted by Crippen LogP contribution is -2.29. The molecule has 0 aliphatic carbocycles. The Hall–Kier alpha value is -2.60. The summed E-state index contributed by atoms with van der Waals surface area (Å²) in [6.07, 6.45) is 1.82. The van der Waals surface area contributed by atoms with Crippen molar-refractivity contribution in [2.45, 2.75) is 26.4 Å². The van der Waals surface area contributed by atoms with Crippen LogP contribution in [0.15, 0.2) is 54.7 Å². The number of pyridine rings is 1. The average molecular weight is 308 g/mol. The lowest BCUT2D eigenvalue weighted by atomic mass is 10.2. The van der Waals surface area contributed by atoms with Crippen LogP contribution in [0.3, 0.4) is 0 Å². The molecule has 0 aliphatic heterocycles. The van der Waals surface area contributed by atoms with Crippen LogP contribution in [0.1, 0.15) is 31.4 Å². The summed E-state index contributed by atoms with van der Waals surface area (Å²) in [5.74, 6) is 0.828. The Kier molecular flexibility index (Phi) is 4.73. The maximum Gasteiger partial charge on any atom is 0.173 e. The largest absolute Gasteiger partial charge is 0.288 e. The van der Waals surface area contributed by atoms with Gasteiger partial charge < -0.3 is 0 Å². The zero-order valence-electron chi connectivity index (χ0n) is 13.4. The minimum absolute atomic E-state index is 0.0808. The van der Waals surface area contributed by atoms with Gasteiger partial charge in [-0.3, -0.25) is 9.88 Å². The van der Waals surface area contributed by atoms with Crippen molar-refractivity contribution >= 4 is 0 Å². The summed E-state index contributed by atoms with van der Waals surface area (Å²) in [7, 11) is 0. The highest BCUT2D eigenvalue weighted by Crippen LogP contribution is 2.21. The Morgan fingerprint density at radius 1 is 1.09 bits per heavy atom. The number of hydrogen-bond donors (Lipinski definition) is 0. The number of tetrazole rings is 1. The van der Waals surface area contributed by atoms with Gasteiger partial charge >= 0.3 is 0 Å². The van der Waals surface area contributed by atoms with Crippen LogP contribution >= 0.6 is 0 Å². The van der Waals surface area contributed by atoms with Crippen molar-refractivity contribution in [1.29, 1.82) is 0 Å². The van der Waals surface area contributed by atoms with Gasteiger partial charge in [0.2, 0.25) is 0 Å². The fourth-order valence-electron chi connectivity index (χ4n) is 2.59. The standard InChI is InChI=1S/C17H20N6/c1-3-22(13-15-9-7-8-12-18-15)14(2)17-19-20-21-23(17)16-10-5-4-6-11-16/h4-12,14H,3,13H2,1-2H3/t14-/m1/s1. The zero-order chi connectivity index (χ0) is 16.1. The molecule has 6 heteroatoms. The number of benzene rings is 1. The second kappa shape index (κ2) is 7.11. The van der Waals surface area contributed by atoms with Gasteiger partial charge in [0.15, 0.2) is 5.82 Å². The van der Waals surface area contributed by atoms with Gasteiger partial charge in [-0.1, -0.05) is 31.2 Å². The molecule has 23 heavy (non-hydrogen) atoms. The molecule has 0 bridgehead atoms. The molecule has 0 aliphatic rings. The van der Waals surface area contributed by atoms with Gasteiger partial charge in [-0.25, -0.2) is 0 Å². The van der Waals surface area contributed by atoms with E-state index in [1.165, 1.54) is 0 Å². The molecule has 0 N–H and O–H groups in total. The molecular weight excluding hydrogens is 288 g/mol. The minimum atomic E-state index is 0.0808. The molecule has 0 unspecified atom stereocenters. The van der Waals surface area contributed by atoms with Crippen molar-refractivity contribution in [3.63, 3.8) is 0 Å². The Bertz CT molecular complexity index is 725. The number of nitrogens with zero attached hydrogens (tertiary/aromatic N) is 6. The molecule has 3 aromatic rings. The zero-order valence-corrected chi connectivity index (χ0v) is 13.4. The lowest BCUT2D eigenvalue weighted by Gasteiger charge is -2.26. The SMILES string of the molecule is CCN(Cc1ccccn1)[C@H](C)c1nnnn1-c1ccccc1. The number of aromatic nitrogens is 5. The summed E-state index contributed by atoms with van der Waals surface area (Å²) >= 11 is 0. The van der Waals surface area contributed by atoms with Crippen LogP contribution in [0.4, 0.5) is 0 Å². The van der Waals surface area contributed by atoms with Gasteiger partial charge in [-0.05, 0) is 48.2 Å². The van der Waals surface area contributed by atoms with E-state index >= 15 is 0 Å². The number of rotatable bonds is 6. The van der Waals surface area contributed by atoms with E-state index in [4.69, 9.17) is 0 Å². The van der Waals surface area contributed by atoms with Crippen molar-refractivity contribution in [2.75, 3.05) is 6.54 Å². The third kappa shape index (κ3) is 3.43. The van der Waals surface area contributed by atoms with E-state index in [0.717, 1.165) is 30.3 Å². The highest BCUT2D eigenvalue weighted by atomic mass is 15.6. The normalized spacial score (nSPS) is 12.5. The molecule has 0 radical (unpaired) electrons. The minimum Gasteiger partial charge on any atom is -0.288 e. The van der Waals surface area contributed by atoms with Crippen molar-refractivity contribution in [3.8, 4) is 5.69 Å². The second-order valence-corrected chi connectivity index (χ2v) is 5.34. The van der Waals surface area contributed by atoms with E-state index in [-0.39, 0.29) is 6.04 Å². The van der Waals surface area contributed by atoms with Crippen LogP contribution in [0.5, 0.6) is 0 Å². The van der Waals surface area contributed by atoms with E-state index in [2.05, 4.69) is 39.3 Å². The molecule has 6 nitrogen and oxygen atoms in total. The summed E-state index contributed by atoms with van der Waals surface area (Å²) < 4.78 is 1.80. The molecule has 0 saturated carbocycles. The molecule has 1 atom stereocenters. The highest BCUT2D eigenvalue weighted by Gasteiger charge is 2.21. The fourth-order valence-corrected chi connectivity index (χ4v) is 2.59. The fraction of sp³-hybridized carbons (Fsp3) is 0.294. The molecule has 3 rings (SSSR count). The number of hydrogen-bond acceptors (Lipinski definition) is 5. The smallest absolute Gasteiger partial charge is 0.173 e. The van der Waals surface area contributed by atoms with Crippen LogP contribution < -0.4 is 0 Å². The Morgan fingerprint density at radius 2 is 1.87 bits per heavy atom. The van der Waals surface area contributed by atoms with Gasteiger partial charge in [0.05, 0.1) is 17.4 Å². The molecule has 2 aromatic heterocycles. The second-order valence-electron chi connectivity index (χ2n) is 5.34. The summed E-state index contributed by atoms with van der Waals surface area (Å²) in [6, 6.07) is 16.0. The molecule has 0 saturated heterocycles. The van der Waals surface area contributed by atoms with E-state index in [1.54, 1.807) is 4.68 Å².